The van der Waals surface area contributed by atoms with E-state index in [9.17, 15) is 0 Å². The molecule has 0 aromatic rings. The van der Waals surface area contributed by atoms with Gasteiger partial charge in [0.1, 0.15) is 0 Å². The number of nitrogens with zero attached hydrogens (tertiary/aromatic N) is 1. The third-order valence-electron chi connectivity index (χ3n) is 2.06. The minimum Gasteiger partial charge on any atom is -0.371 e. The maximum Gasteiger partial charge on any atom is 0.0357 e. The van der Waals surface area contributed by atoms with Crippen molar-refractivity contribution in [2.24, 2.45) is 0 Å². The smallest absolute Gasteiger partial charge is 0.0357 e. The second-order valence-corrected chi connectivity index (χ2v) is 3.06. The summed E-state index contributed by atoms with van der Waals surface area (Å²) in [4.78, 5) is 2.14. The molecule has 0 amide bonds. The van der Waals surface area contributed by atoms with E-state index in [-0.39, 0.29) is 0 Å². The Morgan fingerprint density at radius 3 is 2.00 bits per heavy atom. The molecule has 0 spiro atoms. The Bertz CT molecular complexity index is 132. The lowest BCUT2D eigenvalue weighted by molar-refractivity contribution is 0.489. The van der Waals surface area contributed by atoms with Gasteiger partial charge in [0.25, 0.3) is 0 Å². The highest BCUT2D eigenvalue weighted by molar-refractivity contribution is 4.98. The first-order valence-corrected chi connectivity index (χ1v) is 4.66. The van der Waals surface area contributed by atoms with Gasteiger partial charge in [-0.3, -0.25) is 0 Å². The van der Waals surface area contributed by atoms with E-state index < -0.39 is 0 Å². The standard InChI is InChI=1S/C6H9N.C4H9N/c1-2-7-5-3-4-6-7;1-2-4-5-3-1/h2-4H,1,5-6H2;5H,1-4H2. The molecule has 2 aliphatic heterocycles. The average Bonchev–Trinajstić information content (AvgIpc) is 2.81. The van der Waals surface area contributed by atoms with E-state index in [0.717, 1.165) is 13.1 Å². The van der Waals surface area contributed by atoms with Crippen molar-refractivity contribution in [3.63, 3.8) is 0 Å². The van der Waals surface area contributed by atoms with E-state index >= 15 is 0 Å². The van der Waals surface area contributed by atoms with Crippen LogP contribution in [0, 0.1) is 0 Å². The van der Waals surface area contributed by atoms with Crippen LogP contribution in [0.5, 0.6) is 0 Å². The minimum absolute atomic E-state index is 1.05. The molecule has 68 valence electrons. The molecule has 2 heterocycles. The molecule has 2 heteroatoms. The lowest BCUT2D eigenvalue weighted by Gasteiger charge is -2.07. The molecule has 1 N–H and O–H groups in total. The van der Waals surface area contributed by atoms with Gasteiger partial charge >= 0.3 is 0 Å². The van der Waals surface area contributed by atoms with E-state index in [1.165, 1.54) is 25.9 Å². The SMILES string of the molecule is C1CCNC1.C=CN1CC=CC1. The van der Waals surface area contributed by atoms with Gasteiger partial charge in [-0.1, -0.05) is 18.7 Å². The maximum absolute atomic E-state index is 3.63. The van der Waals surface area contributed by atoms with Crippen molar-refractivity contribution in [2.75, 3.05) is 26.2 Å². The van der Waals surface area contributed by atoms with Gasteiger partial charge in [0.2, 0.25) is 0 Å². The quantitative estimate of drug-likeness (QED) is 0.592. The fourth-order valence-corrected chi connectivity index (χ4v) is 1.27. The van der Waals surface area contributed by atoms with Crippen molar-refractivity contribution in [1.82, 2.24) is 10.2 Å². The van der Waals surface area contributed by atoms with Gasteiger partial charge in [-0.05, 0) is 32.1 Å². The highest BCUT2D eigenvalue weighted by Crippen LogP contribution is 1.96. The van der Waals surface area contributed by atoms with Crippen LogP contribution in [-0.2, 0) is 0 Å². The van der Waals surface area contributed by atoms with Crippen molar-refractivity contribution >= 4 is 0 Å². The highest BCUT2D eigenvalue weighted by Gasteiger charge is 1.95. The fraction of sp³-hybridized carbons (Fsp3) is 0.600. The van der Waals surface area contributed by atoms with Gasteiger partial charge in [0.05, 0.1) is 0 Å². The van der Waals surface area contributed by atoms with Gasteiger partial charge in [-0.15, -0.1) is 0 Å². The molecule has 1 fully saturated rings. The lowest BCUT2D eigenvalue weighted by Crippen LogP contribution is -2.10. The zero-order valence-corrected chi connectivity index (χ0v) is 7.63. The first kappa shape index (κ1) is 9.33. The molecule has 12 heavy (non-hydrogen) atoms. The van der Waals surface area contributed by atoms with Crippen LogP contribution >= 0.6 is 0 Å². The van der Waals surface area contributed by atoms with Crippen LogP contribution in [0.4, 0.5) is 0 Å². The lowest BCUT2D eigenvalue weighted by atomic mass is 10.4. The Morgan fingerprint density at radius 2 is 1.75 bits per heavy atom. The first-order chi connectivity index (χ1) is 5.93. The Balaban J connectivity index is 0.000000127. The van der Waals surface area contributed by atoms with E-state index in [0.29, 0.717) is 0 Å². The van der Waals surface area contributed by atoms with Crippen LogP contribution < -0.4 is 5.32 Å². The van der Waals surface area contributed by atoms with Crippen molar-refractivity contribution in [1.29, 1.82) is 0 Å². The zero-order chi connectivity index (χ0) is 8.65. The molecule has 0 radical (unpaired) electrons. The van der Waals surface area contributed by atoms with E-state index in [1.54, 1.807) is 0 Å². The molecule has 2 rings (SSSR count). The number of hydrogen-bond acceptors (Lipinski definition) is 2. The predicted molar refractivity (Wildman–Crippen MR) is 53.0 cm³/mol. The predicted octanol–water partition coefficient (Wildman–Crippen LogP) is 1.37. The van der Waals surface area contributed by atoms with Crippen molar-refractivity contribution in [2.45, 2.75) is 12.8 Å². The van der Waals surface area contributed by atoms with Crippen LogP contribution in [0.15, 0.2) is 24.9 Å². The van der Waals surface area contributed by atoms with Crippen LogP contribution in [-0.4, -0.2) is 31.1 Å². The average molecular weight is 166 g/mol. The summed E-state index contributed by atoms with van der Waals surface area (Å²) in [5.74, 6) is 0. The largest absolute Gasteiger partial charge is 0.371 e. The molecule has 0 aromatic carbocycles. The van der Waals surface area contributed by atoms with Gasteiger partial charge in [-0.2, -0.15) is 0 Å². The molecular formula is C10H18N2. The molecular weight excluding hydrogens is 148 g/mol. The molecule has 0 aromatic heterocycles. The van der Waals surface area contributed by atoms with Gasteiger partial charge in [0, 0.05) is 13.1 Å². The summed E-state index contributed by atoms with van der Waals surface area (Å²) in [6, 6.07) is 0. The molecule has 0 saturated carbocycles. The van der Waals surface area contributed by atoms with Gasteiger partial charge in [-0.25, -0.2) is 0 Å². The number of hydrogen-bond donors (Lipinski definition) is 1. The Labute approximate surface area is 74.9 Å². The van der Waals surface area contributed by atoms with Crippen molar-refractivity contribution in [3.8, 4) is 0 Å². The summed E-state index contributed by atoms with van der Waals surface area (Å²) in [7, 11) is 0. The van der Waals surface area contributed by atoms with Crippen molar-refractivity contribution < 1.29 is 0 Å². The molecule has 2 aliphatic rings. The minimum atomic E-state index is 1.05. The second-order valence-electron chi connectivity index (χ2n) is 3.06. The molecule has 0 atom stereocenters. The summed E-state index contributed by atoms with van der Waals surface area (Å²) < 4.78 is 0. The van der Waals surface area contributed by atoms with Crippen molar-refractivity contribution in [3.05, 3.63) is 24.9 Å². The molecule has 0 unspecified atom stereocenters. The first-order valence-electron chi connectivity index (χ1n) is 4.66. The summed E-state index contributed by atoms with van der Waals surface area (Å²) in [6.45, 7) is 8.22. The molecule has 2 nitrogen and oxygen atoms in total. The third-order valence-corrected chi connectivity index (χ3v) is 2.06. The number of rotatable bonds is 1. The topological polar surface area (TPSA) is 15.3 Å². The Morgan fingerprint density at radius 1 is 1.17 bits per heavy atom. The van der Waals surface area contributed by atoms with Gasteiger partial charge < -0.3 is 10.2 Å². The van der Waals surface area contributed by atoms with Crippen LogP contribution in [0.3, 0.4) is 0 Å². The zero-order valence-electron chi connectivity index (χ0n) is 7.63. The van der Waals surface area contributed by atoms with Crippen LogP contribution in [0.1, 0.15) is 12.8 Å². The number of nitrogens with one attached hydrogen (secondary N) is 1. The Hall–Kier alpha value is -0.760. The molecule has 0 bridgehead atoms. The highest BCUT2D eigenvalue weighted by atomic mass is 15.1. The second kappa shape index (κ2) is 5.84. The van der Waals surface area contributed by atoms with E-state index in [1.807, 2.05) is 6.20 Å². The monoisotopic (exact) mass is 166 g/mol. The summed E-state index contributed by atoms with van der Waals surface area (Å²) in [5, 5.41) is 3.22. The normalized spacial score (nSPS) is 20.5. The summed E-state index contributed by atoms with van der Waals surface area (Å²) in [5.41, 5.74) is 0. The third kappa shape index (κ3) is 3.58. The van der Waals surface area contributed by atoms with E-state index in [4.69, 9.17) is 0 Å². The Kier molecular flexibility index (Phi) is 4.54. The molecule has 0 aliphatic carbocycles. The fourth-order valence-electron chi connectivity index (χ4n) is 1.27. The summed E-state index contributed by atoms with van der Waals surface area (Å²) >= 11 is 0. The maximum atomic E-state index is 3.63. The summed E-state index contributed by atoms with van der Waals surface area (Å²) in [6.07, 6.45) is 8.92. The van der Waals surface area contributed by atoms with Crippen LogP contribution in [0.25, 0.3) is 0 Å². The van der Waals surface area contributed by atoms with E-state index in [2.05, 4.69) is 28.9 Å². The van der Waals surface area contributed by atoms with Crippen LogP contribution in [0.2, 0.25) is 0 Å². The molecule has 1 saturated heterocycles. The van der Waals surface area contributed by atoms with Gasteiger partial charge in [0.15, 0.2) is 0 Å².